The third-order valence-corrected chi connectivity index (χ3v) is 2.04. The number of halogens is 6. The van der Waals surface area contributed by atoms with E-state index in [4.69, 9.17) is 0 Å². The first kappa shape index (κ1) is 11.2. The van der Waals surface area contributed by atoms with Crippen molar-refractivity contribution in [3.05, 3.63) is 10.5 Å². The Morgan fingerprint density at radius 1 is 1.07 bits per heavy atom. The maximum Gasteiger partial charge on any atom is 0.406 e. The van der Waals surface area contributed by atoms with Crippen LogP contribution in [0.15, 0.2) is 5.51 Å². The van der Waals surface area contributed by atoms with E-state index in [0.29, 0.717) is 0 Å². The van der Waals surface area contributed by atoms with Crippen molar-refractivity contribution >= 4 is 11.3 Å². The molecule has 0 unspecified atom stereocenters. The molecule has 2 nitrogen and oxygen atoms in total. The Hall–Kier alpha value is -0.860. The van der Waals surface area contributed by atoms with Crippen molar-refractivity contribution in [3.63, 3.8) is 0 Å². The summed E-state index contributed by atoms with van der Waals surface area (Å²) in [5, 5.41) is 4.62. The molecule has 0 saturated heterocycles. The monoisotopic (exact) mass is 236 g/mol. The second kappa shape index (κ2) is 3.37. The van der Waals surface area contributed by atoms with Gasteiger partial charge in [0.15, 0.2) is 0 Å². The number of nitrogens with zero attached hydrogens (tertiary/aromatic N) is 2. The van der Waals surface area contributed by atoms with Crippen LogP contribution in [0.1, 0.15) is 10.9 Å². The quantitative estimate of drug-likeness (QED) is 0.700. The Bertz CT molecular complexity index is 274. The predicted octanol–water partition coefficient (Wildman–Crippen LogP) is 2.75. The maximum atomic E-state index is 12.0. The third kappa shape index (κ3) is 2.34. The summed E-state index contributed by atoms with van der Waals surface area (Å²) in [5.74, 6) is -3.54. The summed E-state index contributed by atoms with van der Waals surface area (Å²) < 4.78 is 72.0. The van der Waals surface area contributed by atoms with E-state index in [-0.39, 0.29) is 11.3 Å². The summed E-state index contributed by atoms with van der Waals surface area (Å²) in [7, 11) is 0. The highest BCUT2D eigenvalue weighted by atomic mass is 32.1. The molecule has 0 atom stereocenters. The Balaban J connectivity index is 3.08. The van der Waals surface area contributed by atoms with E-state index >= 15 is 0 Å². The fraction of sp³-hybridized carbons (Fsp3) is 0.600. The predicted molar refractivity (Wildman–Crippen MR) is 34.8 cm³/mol. The average molecular weight is 236 g/mol. The standard InChI is InChI=1S/C5H2F6N2S/c6-4(7,8)2(5(9,10)11)3-13-12-1-14-3/h1-2H. The van der Waals surface area contributed by atoms with Crippen LogP contribution in [0.25, 0.3) is 0 Å². The second-order valence-electron chi connectivity index (χ2n) is 2.29. The Kier molecular flexibility index (Phi) is 2.70. The minimum absolute atomic E-state index is 0.223. The zero-order valence-corrected chi connectivity index (χ0v) is 7.04. The Morgan fingerprint density at radius 3 is 1.86 bits per heavy atom. The molecule has 0 saturated carbocycles. The van der Waals surface area contributed by atoms with Crippen molar-refractivity contribution in [3.8, 4) is 0 Å². The molecule has 0 N–H and O–H groups in total. The Labute approximate surface area is 77.6 Å². The lowest BCUT2D eigenvalue weighted by Gasteiger charge is -2.19. The van der Waals surface area contributed by atoms with Crippen molar-refractivity contribution in [1.82, 2.24) is 10.2 Å². The highest BCUT2D eigenvalue weighted by molar-refractivity contribution is 7.09. The zero-order valence-electron chi connectivity index (χ0n) is 6.23. The van der Waals surface area contributed by atoms with Gasteiger partial charge in [-0.1, -0.05) is 0 Å². The van der Waals surface area contributed by atoms with Crippen LogP contribution in [0.2, 0.25) is 0 Å². The second-order valence-corrected chi connectivity index (χ2v) is 3.16. The Morgan fingerprint density at radius 2 is 1.57 bits per heavy atom. The lowest BCUT2D eigenvalue weighted by atomic mass is 10.1. The van der Waals surface area contributed by atoms with E-state index in [1.807, 2.05) is 0 Å². The SMILES string of the molecule is FC(F)(F)C(c1nncs1)C(F)(F)F. The molecule has 14 heavy (non-hydrogen) atoms. The highest BCUT2D eigenvalue weighted by Gasteiger charge is 2.59. The lowest BCUT2D eigenvalue weighted by molar-refractivity contribution is -0.253. The van der Waals surface area contributed by atoms with Crippen LogP contribution in [0.4, 0.5) is 26.3 Å². The lowest BCUT2D eigenvalue weighted by Crippen LogP contribution is -2.34. The molecule has 0 aliphatic heterocycles. The van der Waals surface area contributed by atoms with Gasteiger partial charge in [0, 0.05) is 0 Å². The van der Waals surface area contributed by atoms with Gasteiger partial charge in [0.05, 0.1) is 0 Å². The van der Waals surface area contributed by atoms with Gasteiger partial charge in [-0.15, -0.1) is 21.5 Å². The fourth-order valence-electron chi connectivity index (χ4n) is 0.773. The molecule has 0 fully saturated rings. The molecular formula is C5H2F6N2S. The molecule has 0 aliphatic carbocycles. The van der Waals surface area contributed by atoms with E-state index in [0.717, 1.165) is 5.51 Å². The first-order chi connectivity index (χ1) is 6.23. The molecule has 0 aromatic carbocycles. The summed E-state index contributed by atoms with van der Waals surface area (Å²) >= 11 is 0.223. The molecule has 1 heterocycles. The first-order valence-corrected chi connectivity index (χ1v) is 4.00. The summed E-state index contributed by atoms with van der Waals surface area (Å²) in [5.41, 5.74) is 0.819. The number of alkyl halides is 6. The topological polar surface area (TPSA) is 25.8 Å². The van der Waals surface area contributed by atoms with Gasteiger partial charge < -0.3 is 0 Å². The molecule has 0 bridgehead atoms. The minimum atomic E-state index is -5.39. The molecule has 9 heteroatoms. The van der Waals surface area contributed by atoms with Gasteiger partial charge in [0.25, 0.3) is 0 Å². The van der Waals surface area contributed by atoms with Crippen LogP contribution >= 0.6 is 11.3 Å². The summed E-state index contributed by atoms with van der Waals surface area (Å²) in [4.78, 5) is 0. The van der Waals surface area contributed by atoms with Crippen LogP contribution in [0.5, 0.6) is 0 Å². The van der Waals surface area contributed by atoms with E-state index in [9.17, 15) is 26.3 Å². The van der Waals surface area contributed by atoms with Crippen LogP contribution in [-0.2, 0) is 0 Å². The van der Waals surface area contributed by atoms with Crippen LogP contribution in [0.3, 0.4) is 0 Å². The van der Waals surface area contributed by atoms with Crippen molar-refractivity contribution in [1.29, 1.82) is 0 Å². The zero-order chi connectivity index (χ0) is 11.0. The van der Waals surface area contributed by atoms with E-state index < -0.39 is 23.3 Å². The number of rotatable bonds is 1. The highest BCUT2D eigenvalue weighted by Crippen LogP contribution is 2.46. The van der Waals surface area contributed by atoms with Crippen molar-refractivity contribution < 1.29 is 26.3 Å². The molecule has 0 amide bonds. The van der Waals surface area contributed by atoms with Gasteiger partial charge in [-0.05, 0) is 0 Å². The first-order valence-electron chi connectivity index (χ1n) is 3.12. The molecular weight excluding hydrogens is 234 g/mol. The molecule has 80 valence electrons. The molecule has 0 aliphatic rings. The number of hydrogen-bond acceptors (Lipinski definition) is 3. The minimum Gasteiger partial charge on any atom is -0.170 e. The van der Waals surface area contributed by atoms with Gasteiger partial charge in [-0.3, -0.25) is 0 Å². The smallest absolute Gasteiger partial charge is 0.170 e. The molecule has 1 aromatic heterocycles. The molecule has 1 aromatic rings. The van der Waals surface area contributed by atoms with Gasteiger partial charge in [0.1, 0.15) is 10.5 Å². The van der Waals surface area contributed by atoms with Crippen LogP contribution in [-0.4, -0.2) is 22.5 Å². The van der Waals surface area contributed by atoms with E-state index in [1.54, 1.807) is 0 Å². The summed E-state index contributed by atoms with van der Waals surface area (Å²) in [6.07, 6.45) is -10.8. The molecule has 0 spiro atoms. The largest absolute Gasteiger partial charge is 0.406 e. The van der Waals surface area contributed by atoms with Gasteiger partial charge in [-0.2, -0.15) is 26.3 Å². The van der Waals surface area contributed by atoms with Crippen LogP contribution in [0, 0.1) is 0 Å². The summed E-state index contributed by atoms with van der Waals surface area (Å²) in [6.45, 7) is 0. The van der Waals surface area contributed by atoms with Gasteiger partial charge in [0.2, 0.25) is 5.92 Å². The van der Waals surface area contributed by atoms with Crippen molar-refractivity contribution in [2.75, 3.05) is 0 Å². The number of aromatic nitrogens is 2. The van der Waals surface area contributed by atoms with Crippen molar-refractivity contribution in [2.45, 2.75) is 18.3 Å². The van der Waals surface area contributed by atoms with Gasteiger partial charge in [-0.25, -0.2) is 0 Å². The summed E-state index contributed by atoms with van der Waals surface area (Å²) in [6, 6.07) is 0. The van der Waals surface area contributed by atoms with E-state index in [1.165, 1.54) is 0 Å². The fourth-order valence-corrected chi connectivity index (χ4v) is 1.47. The van der Waals surface area contributed by atoms with Crippen molar-refractivity contribution in [2.24, 2.45) is 0 Å². The molecule has 0 radical (unpaired) electrons. The van der Waals surface area contributed by atoms with E-state index in [2.05, 4.69) is 10.2 Å². The molecule has 1 rings (SSSR count). The van der Waals surface area contributed by atoms with Crippen LogP contribution < -0.4 is 0 Å². The average Bonchev–Trinajstić information content (AvgIpc) is 2.31. The maximum absolute atomic E-state index is 12.0. The normalized spacial score (nSPS) is 13.6. The van der Waals surface area contributed by atoms with Gasteiger partial charge >= 0.3 is 12.4 Å². The third-order valence-electron chi connectivity index (χ3n) is 1.28. The number of hydrogen-bond donors (Lipinski definition) is 0.